The average Bonchev–Trinajstić information content (AvgIpc) is 3.39. The molecule has 0 bridgehead atoms. The normalized spacial score (nSPS) is 14.7. The summed E-state index contributed by atoms with van der Waals surface area (Å²) in [5, 5.41) is 22.2. The van der Waals surface area contributed by atoms with Crippen LogP contribution in [0.25, 0.3) is 0 Å². The molecule has 0 saturated heterocycles. The predicted molar refractivity (Wildman–Crippen MR) is 96.6 cm³/mol. The van der Waals surface area contributed by atoms with E-state index in [1.165, 1.54) is 37.1 Å². The first-order chi connectivity index (χ1) is 12.4. The van der Waals surface area contributed by atoms with Gasteiger partial charge in [-0.1, -0.05) is 11.8 Å². The molecule has 1 N–H and O–H groups in total. The topological polar surface area (TPSA) is 112 Å². The number of carbonyl (C=O) groups excluding carboxylic acids is 1. The number of nitrogens with zero attached hydrogens (tertiary/aromatic N) is 4. The van der Waals surface area contributed by atoms with E-state index in [1.54, 1.807) is 6.92 Å². The molecule has 1 aromatic heterocycles. The Bertz CT molecular complexity index is 849. The first-order valence-corrected chi connectivity index (χ1v) is 8.98. The third-order valence-corrected chi connectivity index (χ3v) is 5.25. The molecule has 1 saturated carbocycles. The van der Waals surface area contributed by atoms with Crippen molar-refractivity contribution in [1.29, 1.82) is 0 Å². The van der Waals surface area contributed by atoms with E-state index in [2.05, 4.69) is 15.5 Å². The monoisotopic (exact) mass is 377 g/mol. The van der Waals surface area contributed by atoms with E-state index in [4.69, 9.17) is 4.74 Å². The van der Waals surface area contributed by atoms with Crippen LogP contribution in [0.1, 0.15) is 31.5 Å². The van der Waals surface area contributed by atoms with Gasteiger partial charge in [0.25, 0.3) is 5.69 Å². The number of amides is 1. The van der Waals surface area contributed by atoms with Crippen molar-refractivity contribution in [2.45, 2.75) is 36.1 Å². The molecule has 0 aliphatic heterocycles. The standard InChI is InChI=1S/C16H19N5O4S/c1-9(26-16-19-18-14(20(16)2)10-4-5-10)15(22)17-12-8-11(21(23)24)6-7-13(12)25-3/h6-10H,4-5H2,1-3H3,(H,17,22)/t9-/m1/s1. The third-order valence-electron chi connectivity index (χ3n) is 4.11. The van der Waals surface area contributed by atoms with Crippen molar-refractivity contribution in [2.75, 3.05) is 12.4 Å². The first kappa shape index (κ1) is 18.2. The second kappa shape index (κ2) is 7.32. The second-order valence-electron chi connectivity index (χ2n) is 6.07. The molecule has 2 aromatic rings. The molecule has 0 spiro atoms. The van der Waals surface area contributed by atoms with E-state index >= 15 is 0 Å². The summed E-state index contributed by atoms with van der Waals surface area (Å²) in [7, 11) is 3.33. The first-order valence-electron chi connectivity index (χ1n) is 8.10. The molecule has 9 nitrogen and oxygen atoms in total. The van der Waals surface area contributed by atoms with Gasteiger partial charge in [-0.3, -0.25) is 14.9 Å². The molecule has 138 valence electrons. The molecule has 3 rings (SSSR count). The number of methoxy groups -OCH3 is 1. The molecule has 1 aliphatic carbocycles. The Morgan fingerprint density at radius 1 is 1.46 bits per heavy atom. The summed E-state index contributed by atoms with van der Waals surface area (Å²) in [6.07, 6.45) is 2.25. The van der Waals surface area contributed by atoms with Crippen molar-refractivity contribution in [1.82, 2.24) is 14.8 Å². The number of benzene rings is 1. The Kier molecular flexibility index (Phi) is 5.12. The molecule has 0 unspecified atom stereocenters. The highest BCUT2D eigenvalue weighted by Crippen LogP contribution is 2.40. The van der Waals surface area contributed by atoms with Crippen molar-refractivity contribution in [3.63, 3.8) is 0 Å². The Morgan fingerprint density at radius 3 is 2.81 bits per heavy atom. The van der Waals surface area contributed by atoms with Crippen LogP contribution in [0.15, 0.2) is 23.4 Å². The minimum absolute atomic E-state index is 0.121. The van der Waals surface area contributed by atoms with Gasteiger partial charge in [-0.05, 0) is 25.8 Å². The Hall–Kier alpha value is -2.62. The van der Waals surface area contributed by atoms with Gasteiger partial charge in [0.1, 0.15) is 11.6 Å². The molecule has 10 heteroatoms. The van der Waals surface area contributed by atoms with Gasteiger partial charge in [0.15, 0.2) is 5.16 Å². The van der Waals surface area contributed by atoms with Gasteiger partial charge < -0.3 is 14.6 Å². The van der Waals surface area contributed by atoms with Gasteiger partial charge in [0.05, 0.1) is 23.0 Å². The maximum absolute atomic E-state index is 12.5. The van der Waals surface area contributed by atoms with E-state index < -0.39 is 10.2 Å². The van der Waals surface area contributed by atoms with Gasteiger partial charge in [0.2, 0.25) is 5.91 Å². The van der Waals surface area contributed by atoms with Crippen molar-refractivity contribution in [2.24, 2.45) is 7.05 Å². The van der Waals surface area contributed by atoms with Crippen LogP contribution >= 0.6 is 11.8 Å². The lowest BCUT2D eigenvalue weighted by atomic mass is 10.2. The number of anilines is 1. The summed E-state index contributed by atoms with van der Waals surface area (Å²) in [5.74, 6) is 1.47. The lowest BCUT2D eigenvalue weighted by Crippen LogP contribution is -2.23. The van der Waals surface area contributed by atoms with Crippen LogP contribution in [0.2, 0.25) is 0 Å². The molecule has 0 radical (unpaired) electrons. The Balaban J connectivity index is 1.71. The minimum atomic E-state index is -0.522. The van der Waals surface area contributed by atoms with Gasteiger partial charge in [-0.2, -0.15) is 0 Å². The lowest BCUT2D eigenvalue weighted by molar-refractivity contribution is -0.384. The fraction of sp³-hybridized carbons (Fsp3) is 0.438. The van der Waals surface area contributed by atoms with Crippen LogP contribution in [0, 0.1) is 10.1 Å². The van der Waals surface area contributed by atoms with Gasteiger partial charge >= 0.3 is 0 Å². The molecular formula is C16H19N5O4S. The summed E-state index contributed by atoms with van der Waals surface area (Å²) >= 11 is 1.29. The summed E-state index contributed by atoms with van der Waals surface area (Å²) in [6, 6.07) is 4.06. The number of carbonyl (C=O) groups is 1. The summed E-state index contributed by atoms with van der Waals surface area (Å²) < 4.78 is 7.08. The smallest absolute Gasteiger partial charge is 0.271 e. The number of nitrogens with one attached hydrogen (secondary N) is 1. The van der Waals surface area contributed by atoms with Crippen LogP contribution in [-0.4, -0.2) is 38.0 Å². The molecule has 1 heterocycles. The minimum Gasteiger partial charge on any atom is -0.495 e. The Morgan fingerprint density at radius 2 is 2.19 bits per heavy atom. The predicted octanol–water partition coefficient (Wildman–Crippen LogP) is 2.73. The fourth-order valence-corrected chi connectivity index (χ4v) is 3.30. The molecule has 1 fully saturated rings. The van der Waals surface area contributed by atoms with Crippen LogP contribution < -0.4 is 10.1 Å². The molecule has 26 heavy (non-hydrogen) atoms. The number of aromatic nitrogens is 3. The largest absolute Gasteiger partial charge is 0.495 e. The van der Waals surface area contributed by atoms with E-state index in [-0.39, 0.29) is 17.3 Å². The molecular weight excluding hydrogens is 358 g/mol. The number of non-ortho nitro benzene ring substituents is 1. The second-order valence-corrected chi connectivity index (χ2v) is 7.37. The number of rotatable bonds is 7. The summed E-state index contributed by atoms with van der Waals surface area (Å²) in [6.45, 7) is 1.75. The van der Waals surface area contributed by atoms with Crippen molar-refractivity contribution < 1.29 is 14.5 Å². The van der Waals surface area contributed by atoms with E-state index in [0.29, 0.717) is 16.8 Å². The van der Waals surface area contributed by atoms with E-state index in [1.807, 2.05) is 11.6 Å². The van der Waals surface area contributed by atoms with Gasteiger partial charge in [-0.25, -0.2) is 0 Å². The molecule has 1 aromatic carbocycles. The highest BCUT2D eigenvalue weighted by atomic mass is 32.2. The number of nitro benzene ring substituents is 1. The van der Waals surface area contributed by atoms with E-state index in [0.717, 1.165) is 18.7 Å². The van der Waals surface area contributed by atoms with Crippen molar-refractivity contribution >= 4 is 29.0 Å². The molecule has 1 atom stereocenters. The maximum Gasteiger partial charge on any atom is 0.271 e. The average molecular weight is 377 g/mol. The molecule has 1 amide bonds. The van der Waals surface area contributed by atoms with Crippen LogP contribution in [-0.2, 0) is 11.8 Å². The van der Waals surface area contributed by atoms with Gasteiger partial charge in [-0.15, -0.1) is 10.2 Å². The zero-order chi connectivity index (χ0) is 18.8. The summed E-state index contributed by atoms with van der Waals surface area (Å²) in [5.41, 5.74) is 0.138. The number of ether oxygens (including phenoxy) is 1. The highest BCUT2D eigenvalue weighted by Gasteiger charge is 2.30. The quantitative estimate of drug-likeness (QED) is 0.448. The third kappa shape index (κ3) is 3.79. The van der Waals surface area contributed by atoms with Gasteiger partial charge in [0, 0.05) is 25.1 Å². The number of nitro groups is 1. The zero-order valence-electron chi connectivity index (χ0n) is 14.6. The highest BCUT2D eigenvalue weighted by molar-refractivity contribution is 8.00. The zero-order valence-corrected chi connectivity index (χ0v) is 15.4. The van der Waals surface area contributed by atoms with Crippen molar-refractivity contribution in [3.8, 4) is 5.75 Å². The van der Waals surface area contributed by atoms with E-state index in [9.17, 15) is 14.9 Å². The maximum atomic E-state index is 12.5. The van der Waals surface area contributed by atoms with Crippen molar-refractivity contribution in [3.05, 3.63) is 34.1 Å². The number of thioether (sulfide) groups is 1. The summed E-state index contributed by atoms with van der Waals surface area (Å²) in [4.78, 5) is 22.9. The number of hydrogen-bond acceptors (Lipinski definition) is 7. The van der Waals surface area contributed by atoms with Crippen LogP contribution in [0.5, 0.6) is 5.75 Å². The fourth-order valence-electron chi connectivity index (χ4n) is 2.48. The Labute approximate surface area is 154 Å². The SMILES string of the molecule is COc1ccc([N+](=O)[O-])cc1NC(=O)[C@@H](C)Sc1nnc(C2CC2)n1C. The molecule has 1 aliphatic rings. The lowest BCUT2D eigenvalue weighted by Gasteiger charge is -2.13. The number of hydrogen-bond donors (Lipinski definition) is 1. The van der Waals surface area contributed by atoms with Crippen LogP contribution in [0.3, 0.4) is 0 Å². The van der Waals surface area contributed by atoms with Crippen LogP contribution in [0.4, 0.5) is 11.4 Å².